The molecule has 0 aromatic carbocycles. The molecule has 6 nitrogen and oxygen atoms in total. The van der Waals surface area contributed by atoms with Gasteiger partial charge in [0.1, 0.15) is 5.60 Å². The summed E-state index contributed by atoms with van der Waals surface area (Å²) < 4.78 is 5.73. The highest BCUT2D eigenvalue weighted by atomic mass is 32.1. The Morgan fingerprint density at radius 1 is 1.40 bits per heavy atom. The highest BCUT2D eigenvalue weighted by molar-refractivity contribution is 7.80. The fraction of sp³-hybridized carbons (Fsp3) is 0.722. The van der Waals surface area contributed by atoms with E-state index in [0.29, 0.717) is 29.8 Å². The van der Waals surface area contributed by atoms with Crippen molar-refractivity contribution in [1.29, 1.82) is 5.41 Å². The van der Waals surface area contributed by atoms with E-state index in [4.69, 9.17) is 28.1 Å². The fourth-order valence-corrected chi connectivity index (χ4v) is 3.76. The van der Waals surface area contributed by atoms with Gasteiger partial charge in [0.25, 0.3) is 0 Å². The van der Waals surface area contributed by atoms with Crippen LogP contribution in [0.25, 0.3) is 0 Å². The van der Waals surface area contributed by atoms with Crippen molar-refractivity contribution in [2.45, 2.75) is 44.8 Å². The maximum atomic E-state index is 7.78. The maximum absolute atomic E-state index is 7.78. The molecule has 0 aromatic rings. The van der Waals surface area contributed by atoms with E-state index in [2.05, 4.69) is 21.7 Å². The third kappa shape index (κ3) is 4.10. The number of hydrogen-bond acceptors (Lipinski definition) is 5. The van der Waals surface area contributed by atoms with Gasteiger partial charge in [-0.25, -0.2) is 0 Å². The van der Waals surface area contributed by atoms with Gasteiger partial charge in [0.2, 0.25) is 0 Å². The molecule has 3 aliphatic heterocycles. The molecule has 2 saturated heterocycles. The van der Waals surface area contributed by atoms with Gasteiger partial charge in [-0.1, -0.05) is 13.0 Å². The first kappa shape index (κ1) is 18.5. The monoisotopic (exact) mass is 365 g/mol. The Hall–Kier alpha value is -1.31. The molecule has 1 saturated carbocycles. The second-order valence-electron chi connectivity index (χ2n) is 7.38. The van der Waals surface area contributed by atoms with Gasteiger partial charge in [0.15, 0.2) is 5.11 Å². The van der Waals surface area contributed by atoms with E-state index in [9.17, 15) is 0 Å². The summed E-state index contributed by atoms with van der Waals surface area (Å²) in [5.41, 5.74) is 6.63. The molecule has 2 unspecified atom stereocenters. The third-order valence-corrected chi connectivity index (χ3v) is 5.90. The van der Waals surface area contributed by atoms with E-state index < -0.39 is 0 Å². The van der Waals surface area contributed by atoms with Gasteiger partial charge < -0.3 is 20.8 Å². The zero-order valence-corrected chi connectivity index (χ0v) is 16.0. The first-order valence-electron chi connectivity index (χ1n) is 9.17. The molecule has 0 radical (unpaired) electrons. The molecule has 3 N–H and O–H groups in total. The van der Waals surface area contributed by atoms with Crippen LogP contribution in [0.15, 0.2) is 17.3 Å². The molecule has 3 heterocycles. The number of nitrogens with one attached hydrogen (secondary N) is 1. The Kier molecular flexibility index (Phi) is 5.55. The predicted octanol–water partition coefficient (Wildman–Crippen LogP) is 2.05. The van der Waals surface area contributed by atoms with Crippen LogP contribution in [0.5, 0.6) is 0 Å². The molecule has 7 heteroatoms. The number of piperazine rings is 1. The zero-order valence-electron chi connectivity index (χ0n) is 15.2. The van der Waals surface area contributed by atoms with Crippen molar-refractivity contribution in [2.75, 3.05) is 32.8 Å². The lowest BCUT2D eigenvalue weighted by Gasteiger charge is -2.40. The van der Waals surface area contributed by atoms with Gasteiger partial charge in [-0.15, -0.1) is 0 Å². The van der Waals surface area contributed by atoms with E-state index >= 15 is 0 Å². The molecule has 0 spiro atoms. The standard InChI is InChI=1S/C10H14N2O.C8H15N3S.H2/c1-7-3-5-12-9-8(11)4-6-13-10(7,9)2;9-8(12)11-5-3-10(4-6-11)7-1-2-7;/h3,5,7,11H,4,6H2,1-2H3;7H,1-6H2,(H2,9,12);1H. The van der Waals surface area contributed by atoms with Gasteiger partial charge in [-0.2, -0.15) is 0 Å². The van der Waals surface area contributed by atoms with Crippen LogP contribution < -0.4 is 5.73 Å². The zero-order chi connectivity index (χ0) is 18.0. The second kappa shape index (κ2) is 7.51. The van der Waals surface area contributed by atoms with E-state index in [1.807, 2.05) is 13.0 Å². The van der Waals surface area contributed by atoms with Crippen LogP contribution in [0.2, 0.25) is 0 Å². The number of thiocarbonyl (C=S) groups is 1. The lowest BCUT2D eigenvalue weighted by molar-refractivity contribution is -0.00531. The average Bonchev–Trinajstić information content (AvgIpc) is 3.42. The number of hydrogen-bond donors (Lipinski definition) is 2. The van der Waals surface area contributed by atoms with Crippen LogP contribution >= 0.6 is 12.2 Å². The van der Waals surface area contributed by atoms with Crippen LogP contribution in [0, 0.1) is 11.3 Å². The van der Waals surface area contributed by atoms with Crippen molar-refractivity contribution in [3.05, 3.63) is 12.3 Å². The summed E-state index contributed by atoms with van der Waals surface area (Å²) >= 11 is 4.92. The number of ether oxygens (including phenoxy) is 1. The molecule has 4 rings (SSSR count). The van der Waals surface area contributed by atoms with Crippen molar-refractivity contribution >= 4 is 28.8 Å². The number of fused-ring (bicyclic) bond motifs is 1. The summed E-state index contributed by atoms with van der Waals surface area (Å²) in [5.74, 6) is 0.306. The fourth-order valence-electron chi connectivity index (χ4n) is 3.58. The molecule has 0 bridgehead atoms. The van der Waals surface area contributed by atoms with Gasteiger partial charge in [-0.05, 0) is 32.0 Å². The Bertz CT molecular complexity index is 598. The number of nitrogens with zero attached hydrogens (tertiary/aromatic N) is 3. The van der Waals surface area contributed by atoms with Gasteiger partial charge in [0.05, 0.1) is 18.0 Å². The van der Waals surface area contributed by atoms with Crippen molar-refractivity contribution in [3.63, 3.8) is 0 Å². The minimum absolute atomic E-state index is 0. The minimum atomic E-state index is -0.357. The molecular weight excluding hydrogens is 334 g/mol. The van der Waals surface area contributed by atoms with Crippen LogP contribution in [-0.2, 0) is 4.74 Å². The SMILES string of the molecule is CC1C=CN=C2C(=N)CCOC21C.NC(=S)N1CCN(C2CC2)CC1.[HH]. The van der Waals surface area contributed by atoms with Crippen LogP contribution in [0.4, 0.5) is 0 Å². The highest BCUT2D eigenvalue weighted by Gasteiger charge is 2.42. The second-order valence-corrected chi connectivity index (χ2v) is 7.80. The predicted molar refractivity (Wildman–Crippen MR) is 108 cm³/mol. The summed E-state index contributed by atoms with van der Waals surface area (Å²) in [6.45, 7) is 9.09. The molecule has 2 atom stereocenters. The normalized spacial score (nSPS) is 32.4. The largest absolute Gasteiger partial charge is 0.376 e. The molecule has 0 amide bonds. The molecule has 140 valence electrons. The summed E-state index contributed by atoms with van der Waals surface area (Å²) in [6, 6.07) is 0.887. The Morgan fingerprint density at radius 2 is 2.08 bits per heavy atom. The van der Waals surface area contributed by atoms with E-state index in [0.717, 1.165) is 37.9 Å². The van der Waals surface area contributed by atoms with Crippen molar-refractivity contribution < 1.29 is 6.16 Å². The van der Waals surface area contributed by atoms with Gasteiger partial charge in [0, 0.05) is 52.2 Å². The van der Waals surface area contributed by atoms with Crippen LogP contribution in [-0.4, -0.2) is 70.8 Å². The first-order valence-corrected chi connectivity index (χ1v) is 9.58. The topological polar surface area (TPSA) is 77.9 Å². The summed E-state index contributed by atoms with van der Waals surface area (Å²) in [5, 5.41) is 8.34. The smallest absolute Gasteiger partial charge is 0.166 e. The van der Waals surface area contributed by atoms with Crippen LogP contribution in [0.3, 0.4) is 0 Å². The summed E-state index contributed by atoms with van der Waals surface area (Å²) in [6.07, 6.45) is 7.29. The number of aliphatic imine (C=N–C) groups is 1. The molecular formula is C18H31N5OS. The molecule has 4 aliphatic rings. The Labute approximate surface area is 157 Å². The van der Waals surface area contributed by atoms with Crippen molar-refractivity contribution in [2.24, 2.45) is 16.6 Å². The van der Waals surface area contributed by atoms with E-state index in [1.54, 1.807) is 6.20 Å². The molecule has 1 aliphatic carbocycles. The van der Waals surface area contributed by atoms with Gasteiger partial charge in [-0.3, -0.25) is 9.89 Å². The van der Waals surface area contributed by atoms with Crippen molar-refractivity contribution in [3.8, 4) is 0 Å². The summed E-state index contributed by atoms with van der Waals surface area (Å²) in [7, 11) is 0. The quantitative estimate of drug-likeness (QED) is 0.696. The molecule has 3 fully saturated rings. The Morgan fingerprint density at radius 3 is 2.64 bits per heavy atom. The minimum Gasteiger partial charge on any atom is -0.376 e. The van der Waals surface area contributed by atoms with Gasteiger partial charge >= 0.3 is 0 Å². The maximum Gasteiger partial charge on any atom is 0.166 e. The molecule has 0 aromatic heterocycles. The summed E-state index contributed by atoms with van der Waals surface area (Å²) in [4.78, 5) is 8.88. The molecule has 25 heavy (non-hydrogen) atoms. The third-order valence-electron chi connectivity index (χ3n) is 5.65. The lowest BCUT2D eigenvalue weighted by Crippen LogP contribution is -2.52. The van der Waals surface area contributed by atoms with E-state index in [1.165, 1.54) is 12.8 Å². The van der Waals surface area contributed by atoms with E-state index in [-0.39, 0.29) is 7.03 Å². The number of rotatable bonds is 1. The Balaban J connectivity index is 0.000000180. The highest BCUT2D eigenvalue weighted by Crippen LogP contribution is 2.32. The average molecular weight is 366 g/mol. The number of nitrogens with two attached hydrogens (primary N) is 1. The van der Waals surface area contributed by atoms with Crippen molar-refractivity contribution in [1.82, 2.24) is 9.80 Å². The first-order chi connectivity index (χ1) is 11.9. The lowest BCUT2D eigenvalue weighted by atomic mass is 9.80. The van der Waals surface area contributed by atoms with Crippen LogP contribution in [0.1, 0.15) is 34.5 Å².